The van der Waals surface area contributed by atoms with E-state index in [0.29, 0.717) is 12.0 Å². The van der Waals surface area contributed by atoms with Gasteiger partial charge in [-0.1, -0.05) is 43.1 Å². The molecule has 2 N–H and O–H groups in total. The van der Waals surface area contributed by atoms with Crippen LogP contribution in [0.5, 0.6) is 0 Å². The van der Waals surface area contributed by atoms with Crippen molar-refractivity contribution in [2.24, 2.45) is 5.92 Å². The van der Waals surface area contributed by atoms with Crippen molar-refractivity contribution in [1.82, 2.24) is 9.97 Å². The predicted octanol–water partition coefficient (Wildman–Crippen LogP) is 6.33. The fraction of sp³-hybridized carbons (Fsp3) is 0.364. The lowest BCUT2D eigenvalue weighted by Gasteiger charge is -2.20. The van der Waals surface area contributed by atoms with Gasteiger partial charge in [0.25, 0.3) is 0 Å². The van der Waals surface area contributed by atoms with Gasteiger partial charge in [-0.3, -0.25) is 0 Å². The van der Waals surface area contributed by atoms with Crippen molar-refractivity contribution in [2.45, 2.75) is 45.6 Å². The zero-order chi connectivity index (χ0) is 18.8. The summed E-state index contributed by atoms with van der Waals surface area (Å²) in [4.78, 5) is 9.50. The van der Waals surface area contributed by atoms with Gasteiger partial charge in [0.15, 0.2) is 0 Å². The molecule has 0 bridgehead atoms. The standard InChI is InChI=1S/C22H25ClN4/c1-3-6-19(15-10-11-15)25-21-17-7-4-5-8-20(17)26-22(27-21)24-16-12-9-14(2)18(23)13-16/h4-5,7-9,12-13,15,19H,3,6,10-11H2,1-2H3,(H2,24,25,26,27)/t19-/m1/s1. The van der Waals surface area contributed by atoms with Crippen LogP contribution >= 0.6 is 11.6 Å². The first-order chi connectivity index (χ1) is 13.1. The van der Waals surface area contributed by atoms with Gasteiger partial charge in [0.2, 0.25) is 5.95 Å². The Morgan fingerprint density at radius 2 is 1.96 bits per heavy atom. The summed E-state index contributed by atoms with van der Waals surface area (Å²) in [6.45, 7) is 4.23. The summed E-state index contributed by atoms with van der Waals surface area (Å²) < 4.78 is 0. The van der Waals surface area contributed by atoms with Crippen molar-refractivity contribution in [3.63, 3.8) is 0 Å². The summed E-state index contributed by atoms with van der Waals surface area (Å²) in [6.07, 6.45) is 4.96. The molecule has 140 valence electrons. The molecule has 1 aliphatic carbocycles. The van der Waals surface area contributed by atoms with Crippen LogP contribution in [-0.2, 0) is 0 Å². The molecule has 0 spiro atoms. The number of rotatable bonds is 7. The van der Waals surface area contributed by atoms with E-state index in [2.05, 4.69) is 23.6 Å². The van der Waals surface area contributed by atoms with E-state index in [9.17, 15) is 0 Å². The summed E-state index contributed by atoms with van der Waals surface area (Å²) in [5.74, 6) is 2.26. The highest BCUT2D eigenvalue weighted by Gasteiger charge is 2.31. The number of nitrogens with one attached hydrogen (secondary N) is 2. The predicted molar refractivity (Wildman–Crippen MR) is 114 cm³/mol. The molecule has 0 radical (unpaired) electrons. The van der Waals surface area contributed by atoms with Gasteiger partial charge in [-0.05, 0) is 61.9 Å². The Morgan fingerprint density at radius 3 is 2.70 bits per heavy atom. The zero-order valence-corrected chi connectivity index (χ0v) is 16.6. The van der Waals surface area contributed by atoms with Crippen molar-refractivity contribution >= 4 is 40.0 Å². The van der Waals surface area contributed by atoms with Crippen LogP contribution in [0.4, 0.5) is 17.5 Å². The van der Waals surface area contributed by atoms with Crippen molar-refractivity contribution in [2.75, 3.05) is 10.6 Å². The number of halogens is 1. The van der Waals surface area contributed by atoms with E-state index < -0.39 is 0 Å². The van der Waals surface area contributed by atoms with Gasteiger partial charge in [0, 0.05) is 22.1 Å². The third kappa shape index (κ3) is 4.16. The quantitative estimate of drug-likeness (QED) is 0.503. The molecule has 4 rings (SSSR count). The molecule has 1 atom stereocenters. The molecule has 1 aliphatic rings. The summed E-state index contributed by atoms with van der Waals surface area (Å²) in [5.41, 5.74) is 2.87. The van der Waals surface area contributed by atoms with Crippen LogP contribution in [0.25, 0.3) is 10.9 Å². The molecule has 0 aliphatic heterocycles. The normalized spacial score (nSPS) is 14.9. The van der Waals surface area contributed by atoms with Gasteiger partial charge < -0.3 is 10.6 Å². The van der Waals surface area contributed by atoms with Gasteiger partial charge >= 0.3 is 0 Å². The highest BCUT2D eigenvalue weighted by molar-refractivity contribution is 6.31. The average Bonchev–Trinajstić information content (AvgIpc) is 3.50. The Balaban J connectivity index is 1.68. The van der Waals surface area contributed by atoms with Crippen molar-refractivity contribution in [3.05, 3.63) is 53.1 Å². The van der Waals surface area contributed by atoms with E-state index >= 15 is 0 Å². The summed E-state index contributed by atoms with van der Waals surface area (Å²) in [7, 11) is 0. The van der Waals surface area contributed by atoms with Gasteiger partial charge in [-0.15, -0.1) is 0 Å². The van der Waals surface area contributed by atoms with Crippen LogP contribution in [0, 0.1) is 12.8 Å². The lowest BCUT2D eigenvalue weighted by molar-refractivity contribution is 0.576. The summed E-state index contributed by atoms with van der Waals surface area (Å²) in [6, 6.07) is 14.5. The molecule has 2 aromatic carbocycles. The topological polar surface area (TPSA) is 49.8 Å². The number of para-hydroxylation sites is 1. The van der Waals surface area contributed by atoms with Crippen molar-refractivity contribution in [3.8, 4) is 0 Å². The number of nitrogens with zero attached hydrogens (tertiary/aromatic N) is 2. The highest BCUT2D eigenvalue weighted by atomic mass is 35.5. The highest BCUT2D eigenvalue weighted by Crippen LogP contribution is 2.37. The molecule has 1 heterocycles. The zero-order valence-electron chi connectivity index (χ0n) is 15.8. The van der Waals surface area contributed by atoms with Crippen LogP contribution < -0.4 is 10.6 Å². The Hall–Kier alpha value is -2.33. The van der Waals surface area contributed by atoms with Crippen LogP contribution in [0.1, 0.15) is 38.2 Å². The molecule has 0 saturated heterocycles. The maximum atomic E-state index is 6.26. The van der Waals surface area contributed by atoms with Crippen LogP contribution in [0.15, 0.2) is 42.5 Å². The maximum absolute atomic E-state index is 6.26. The minimum Gasteiger partial charge on any atom is -0.366 e. The monoisotopic (exact) mass is 380 g/mol. The number of fused-ring (bicyclic) bond motifs is 1. The molecule has 3 aromatic rings. The third-order valence-corrected chi connectivity index (χ3v) is 5.55. The molecular formula is C22H25ClN4. The van der Waals surface area contributed by atoms with Gasteiger partial charge in [0.05, 0.1) is 5.52 Å². The molecule has 4 nitrogen and oxygen atoms in total. The Kier molecular flexibility index (Phi) is 5.17. The number of anilines is 3. The molecular weight excluding hydrogens is 356 g/mol. The Morgan fingerprint density at radius 1 is 1.15 bits per heavy atom. The summed E-state index contributed by atoms with van der Waals surface area (Å²) in [5, 5.41) is 8.82. The average molecular weight is 381 g/mol. The maximum Gasteiger partial charge on any atom is 0.229 e. The van der Waals surface area contributed by atoms with E-state index in [-0.39, 0.29) is 0 Å². The lowest BCUT2D eigenvalue weighted by atomic mass is 10.1. The van der Waals surface area contributed by atoms with Crippen LogP contribution in [0.3, 0.4) is 0 Å². The van der Waals surface area contributed by atoms with E-state index in [4.69, 9.17) is 21.6 Å². The largest absolute Gasteiger partial charge is 0.366 e. The van der Waals surface area contributed by atoms with E-state index in [1.54, 1.807) is 0 Å². The first kappa shape index (κ1) is 18.1. The fourth-order valence-electron chi connectivity index (χ4n) is 3.45. The van der Waals surface area contributed by atoms with Gasteiger partial charge in [0.1, 0.15) is 5.82 Å². The summed E-state index contributed by atoms with van der Waals surface area (Å²) >= 11 is 6.26. The minimum absolute atomic E-state index is 0.481. The molecule has 0 amide bonds. The molecule has 27 heavy (non-hydrogen) atoms. The third-order valence-electron chi connectivity index (χ3n) is 5.14. The number of hydrogen-bond acceptors (Lipinski definition) is 4. The molecule has 1 saturated carbocycles. The number of aryl methyl sites for hydroxylation is 1. The molecule has 1 aromatic heterocycles. The van der Waals surface area contributed by atoms with E-state index in [1.807, 2.05) is 43.3 Å². The fourth-order valence-corrected chi connectivity index (χ4v) is 3.63. The van der Waals surface area contributed by atoms with Gasteiger partial charge in [-0.25, -0.2) is 4.98 Å². The molecule has 5 heteroatoms. The van der Waals surface area contributed by atoms with Crippen molar-refractivity contribution in [1.29, 1.82) is 0 Å². The number of hydrogen-bond donors (Lipinski definition) is 2. The first-order valence-electron chi connectivity index (χ1n) is 9.70. The smallest absolute Gasteiger partial charge is 0.229 e. The first-order valence-corrected chi connectivity index (χ1v) is 10.1. The van der Waals surface area contributed by atoms with Crippen molar-refractivity contribution < 1.29 is 0 Å². The lowest BCUT2D eigenvalue weighted by Crippen LogP contribution is -2.22. The van der Waals surface area contributed by atoms with E-state index in [0.717, 1.165) is 38.9 Å². The Labute approximate surface area is 165 Å². The Bertz CT molecular complexity index is 952. The van der Waals surface area contributed by atoms with Crippen LogP contribution in [-0.4, -0.2) is 16.0 Å². The number of aromatic nitrogens is 2. The second kappa shape index (κ2) is 7.73. The van der Waals surface area contributed by atoms with E-state index in [1.165, 1.54) is 25.7 Å². The molecule has 1 fully saturated rings. The number of benzene rings is 2. The molecule has 0 unspecified atom stereocenters. The second-order valence-electron chi connectivity index (χ2n) is 7.38. The second-order valence-corrected chi connectivity index (χ2v) is 7.79. The van der Waals surface area contributed by atoms with Gasteiger partial charge in [-0.2, -0.15) is 4.98 Å². The van der Waals surface area contributed by atoms with Crippen LogP contribution in [0.2, 0.25) is 5.02 Å². The minimum atomic E-state index is 0.481. The SMILES string of the molecule is CCC[C@@H](Nc1nc(Nc2ccc(C)c(Cl)c2)nc2ccccc12)C1CC1.